The zero-order chi connectivity index (χ0) is 15.0. The van der Waals surface area contributed by atoms with Gasteiger partial charge in [-0.2, -0.15) is 0 Å². The maximum atomic E-state index is 6.63. The Morgan fingerprint density at radius 1 is 0.952 bits per heavy atom. The molecule has 0 bridgehead atoms. The van der Waals surface area contributed by atoms with Crippen LogP contribution in [-0.2, 0) is 24.8 Å². The van der Waals surface area contributed by atoms with Gasteiger partial charge in [0.1, 0.15) is 0 Å². The van der Waals surface area contributed by atoms with E-state index in [-0.39, 0.29) is 5.54 Å². The van der Waals surface area contributed by atoms with Crippen molar-refractivity contribution in [2.75, 3.05) is 0 Å². The molecule has 2 N–H and O–H groups in total. The summed E-state index contributed by atoms with van der Waals surface area (Å²) in [5, 5.41) is 0. The predicted molar refractivity (Wildman–Crippen MR) is 89.6 cm³/mol. The number of fused-ring (bicyclic) bond motifs is 1. The highest BCUT2D eigenvalue weighted by Gasteiger charge is 2.23. The molecule has 0 fully saturated rings. The average Bonchev–Trinajstić information content (AvgIpc) is 2.88. The fraction of sp³-hybridized carbons (Fsp3) is 0.400. The topological polar surface area (TPSA) is 26.0 Å². The highest BCUT2D eigenvalue weighted by atomic mass is 14.7. The summed E-state index contributed by atoms with van der Waals surface area (Å²) < 4.78 is 0. The molecule has 1 unspecified atom stereocenters. The molecule has 0 spiro atoms. The number of hydrogen-bond acceptors (Lipinski definition) is 1. The maximum Gasteiger partial charge on any atom is 0.0421 e. The van der Waals surface area contributed by atoms with Gasteiger partial charge in [0.25, 0.3) is 0 Å². The summed E-state index contributed by atoms with van der Waals surface area (Å²) in [5.41, 5.74) is 14.6. The smallest absolute Gasteiger partial charge is 0.0421 e. The first-order valence-corrected chi connectivity index (χ1v) is 7.93. The van der Waals surface area contributed by atoms with Gasteiger partial charge in [-0.1, -0.05) is 36.4 Å². The highest BCUT2D eigenvalue weighted by molar-refractivity contribution is 5.38. The molecule has 1 nitrogen and oxygen atoms in total. The molecule has 21 heavy (non-hydrogen) atoms. The van der Waals surface area contributed by atoms with E-state index in [4.69, 9.17) is 5.73 Å². The molecule has 0 saturated heterocycles. The van der Waals surface area contributed by atoms with Gasteiger partial charge >= 0.3 is 0 Å². The van der Waals surface area contributed by atoms with Crippen LogP contribution in [0.25, 0.3) is 0 Å². The van der Waals surface area contributed by atoms with Gasteiger partial charge in [0.15, 0.2) is 0 Å². The van der Waals surface area contributed by atoms with Gasteiger partial charge in [0, 0.05) is 5.54 Å². The third-order valence-corrected chi connectivity index (χ3v) is 4.90. The molecule has 1 aliphatic carbocycles. The number of rotatable bonds is 3. The zero-order valence-corrected chi connectivity index (χ0v) is 13.4. The lowest BCUT2D eigenvalue weighted by atomic mass is 9.84. The largest absolute Gasteiger partial charge is 0.321 e. The molecule has 2 aromatic carbocycles. The molecule has 1 aliphatic rings. The molecular formula is C20H25N. The van der Waals surface area contributed by atoms with Crippen molar-refractivity contribution in [3.05, 3.63) is 69.8 Å². The second-order valence-electron chi connectivity index (χ2n) is 6.85. The van der Waals surface area contributed by atoms with Crippen LogP contribution in [0, 0.1) is 13.8 Å². The maximum absolute atomic E-state index is 6.63. The number of aryl methyl sites for hydroxylation is 4. The second kappa shape index (κ2) is 5.31. The van der Waals surface area contributed by atoms with Crippen LogP contribution in [0.5, 0.6) is 0 Å². The van der Waals surface area contributed by atoms with E-state index < -0.39 is 0 Å². The fourth-order valence-corrected chi connectivity index (χ4v) is 3.36. The van der Waals surface area contributed by atoms with Gasteiger partial charge in [0.2, 0.25) is 0 Å². The van der Waals surface area contributed by atoms with Crippen molar-refractivity contribution in [2.24, 2.45) is 5.73 Å². The Hall–Kier alpha value is -1.60. The molecule has 0 aromatic heterocycles. The predicted octanol–water partition coefficient (Wildman–Crippen LogP) is 4.21. The number of benzene rings is 2. The summed E-state index contributed by atoms with van der Waals surface area (Å²) in [4.78, 5) is 0. The summed E-state index contributed by atoms with van der Waals surface area (Å²) in [6.07, 6.45) is 4.67. The Balaban J connectivity index is 1.86. The molecule has 1 atom stereocenters. The summed E-state index contributed by atoms with van der Waals surface area (Å²) >= 11 is 0. The molecule has 1 heteroatoms. The van der Waals surface area contributed by atoms with E-state index in [2.05, 4.69) is 57.2 Å². The third-order valence-electron chi connectivity index (χ3n) is 4.90. The van der Waals surface area contributed by atoms with Gasteiger partial charge in [-0.3, -0.25) is 0 Å². The molecule has 0 aliphatic heterocycles. The van der Waals surface area contributed by atoms with Crippen LogP contribution in [-0.4, -0.2) is 0 Å². The van der Waals surface area contributed by atoms with E-state index in [0.717, 1.165) is 6.42 Å². The third kappa shape index (κ3) is 2.89. The van der Waals surface area contributed by atoms with Crippen molar-refractivity contribution in [2.45, 2.75) is 52.0 Å². The van der Waals surface area contributed by atoms with Crippen molar-refractivity contribution in [1.29, 1.82) is 0 Å². The molecular weight excluding hydrogens is 254 g/mol. The van der Waals surface area contributed by atoms with Crippen LogP contribution in [0.1, 0.15) is 46.7 Å². The van der Waals surface area contributed by atoms with Gasteiger partial charge < -0.3 is 5.73 Å². The first kappa shape index (κ1) is 14.3. The Morgan fingerprint density at radius 3 is 2.48 bits per heavy atom. The summed E-state index contributed by atoms with van der Waals surface area (Å²) in [6.45, 7) is 6.45. The minimum Gasteiger partial charge on any atom is -0.321 e. The molecule has 3 rings (SSSR count). The molecule has 0 radical (unpaired) electrons. The van der Waals surface area contributed by atoms with Crippen molar-refractivity contribution in [1.82, 2.24) is 0 Å². The molecule has 0 heterocycles. The summed E-state index contributed by atoms with van der Waals surface area (Å²) in [5.74, 6) is 0. The SMILES string of the molecule is Cc1ccc(C(C)(N)Cc2ccc3c(c2)CCC3)cc1C. The van der Waals surface area contributed by atoms with Crippen LogP contribution in [0.4, 0.5) is 0 Å². The second-order valence-corrected chi connectivity index (χ2v) is 6.85. The lowest BCUT2D eigenvalue weighted by Gasteiger charge is -2.26. The highest BCUT2D eigenvalue weighted by Crippen LogP contribution is 2.28. The van der Waals surface area contributed by atoms with Crippen LogP contribution in [0.15, 0.2) is 36.4 Å². The zero-order valence-electron chi connectivity index (χ0n) is 13.4. The van der Waals surface area contributed by atoms with Gasteiger partial charge in [-0.15, -0.1) is 0 Å². The Bertz CT molecular complexity index is 668. The Labute approximate surface area is 128 Å². The first-order chi connectivity index (χ1) is 9.95. The minimum absolute atomic E-state index is 0.314. The lowest BCUT2D eigenvalue weighted by Crippen LogP contribution is -2.35. The van der Waals surface area contributed by atoms with E-state index in [1.54, 1.807) is 0 Å². The molecule has 0 amide bonds. The van der Waals surface area contributed by atoms with E-state index in [1.165, 1.54) is 52.6 Å². The van der Waals surface area contributed by atoms with Gasteiger partial charge in [-0.25, -0.2) is 0 Å². The number of hydrogen-bond donors (Lipinski definition) is 1. The quantitative estimate of drug-likeness (QED) is 0.895. The average molecular weight is 279 g/mol. The summed E-state index contributed by atoms with van der Waals surface area (Å²) in [7, 11) is 0. The first-order valence-electron chi connectivity index (χ1n) is 7.93. The molecule has 110 valence electrons. The van der Waals surface area contributed by atoms with Crippen LogP contribution in [0.3, 0.4) is 0 Å². The molecule has 0 saturated carbocycles. The van der Waals surface area contributed by atoms with Crippen molar-refractivity contribution in [3.63, 3.8) is 0 Å². The van der Waals surface area contributed by atoms with Crippen molar-refractivity contribution >= 4 is 0 Å². The monoisotopic (exact) mass is 279 g/mol. The molecule has 2 aromatic rings. The van der Waals surface area contributed by atoms with E-state index in [9.17, 15) is 0 Å². The van der Waals surface area contributed by atoms with Crippen molar-refractivity contribution in [3.8, 4) is 0 Å². The normalized spacial score (nSPS) is 16.6. The van der Waals surface area contributed by atoms with E-state index in [0.29, 0.717) is 0 Å². The van der Waals surface area contributed by atoms with Gasteiger partial charge in [-0.05, 0) is 79.8 Å². The van der Waals surface area contributed by atoms with Gasteiger partial charge in [0.05, 0.1) is 0 Å². The van der Waals surface area contributed by atoms with Crippen LogP contribution in [0.2, 0.25) is 0 Å². The Kier molecular flexibility index (Phi) is 3.62. The summed E-state index contributed by atoms with van der Waals surface area (Å²) in [6, 6.07) is 13.5. The number of nitrogens with two attached hydrogens (primary N) is 1. The minimum atomic E-state index is -0.314. The van der Waals surface area contributed by atoms with E-state index in [1.807, 2.05) is 0 Å². The standard InChI is InChI=1S/C20H25N/c1-14-7-10-19(11-15(14)2)20(3,21)13-16-8-9-17-5-4-6-18(17)12-16/h7-12H,4-6,13,21H2,1-3H3. The Morgan fingerprint density at radius 2 is 1.71 bits per heavy atom. The van der Waals surface area contributed by atoms with Crippen molar-refractivity contribution < 1.29 is 0 Å². The van der Waals surface area contributed by atoms with E-state index >= 15 is 0 Å². The van der Waals surface area contributed by atoms with Crippen LogP contribution >= 0.6 is 0 Å². The fourth-order valence-electron chi connectivity index (χ4n) is 3.36. The lowest BCUT2D eigenvalue weighted by molar-refractivity contribution is 0.491. The van der Waals surface area contributed by atoms with Crippen LogP contribution < -0.4 is 5.73 Å².